The first kappa shape index (κ1) is 30.8. The first-order chi connectivity index (χ1) is 20.9. The van der Waals surface area contributed by atoms with Crippen LogP contribution in [0.5, 0.6) is 11.5 Å². The molecule has 0 aromatic heterocycles. The van der Waals surface area contributed by atoms with Crippen molar-refractivity contribution in [2.24, 2.45) is 0 Å². The third-order valence-electron chi connectivity index (χ3n) is 9.08. The molecule has 2 aliphatic rings. The number of hydrogen-bond acceptors (Lipinski definition) is 5. The topological polar surface area (TPSA) is 96.3 Å². The van der Waals surface area contributed by atoms with Gasteiger partial charge in [-0.25, -0.2) is 8.42 Å². The number of sulfone groups is 1. The van der Waals surface area contributed by atoms with Gasteiger partial charge in [0.05, 0.1) is 29.2 Å². The lowest BCUT2D eigenvalue weighted by molar-refractivity contribution is 0.0937. The number of hydrogen-bond donors (Lipinski definition) is 1. The maximum Gasteiger partial charge on any atom is 0.251 e. The fourth-order valence-electron chi connectivity index (χ4n) is 6.52. The van der Waals surface area contributed by atoms with Crippen LogP contribution in [0, 0.1) is 11.3 Å². The summed E-state index contributed by atoms with van der Waals surface area (Å²) in [5, 5.41) is 12.3. The van der Waals surface area contributed by atoms with Crippen molar-refractivity contribution in [3.05, 3.63) is 89.0 Å². The van der Waals surface area contributed by atoms with Crippen LogP contribution in [0.2, 0.25) is 0 Å². The van der Waals surface area contributed by atoms with Gasteiger partial charge in [0, 0.05) is 5.56 Å². The van der Waals surface area contributed by atoms with E-state index in [1.54, 1.807) is 31.2 Å². The second kappa shape index (κ2) is 14.2. The van der Waals surface area contributed by atoms with Gasteiger partial charge in [-0.05, 0) is 103 Å². The van der Waals surface area contributed by atoms with E-state index in [1.165, 1.54) is 87.5 Å². The zero-order valence-electron chi connectivity index (χ0n) is 25.1. The van der Waals surface area contributed by atoms with Crippen molar-refractivity contribution in [3.8, 4) is 17.6 Å². The Hall–Kier alpha value is -3.63. The number of nitriles is 1. The normalized spacial score (nSPS) is 17.1. The molecular formula is C36H42N2O4S. The number of nitrogens with one attached hydrogen (secondary N) is 1. The van der Waals surface area contributed by atoms with E-state index in [-0.39, 0.29) is 23.0 Å². The van der Waals surface area contributed by atoms with E-state index in [9.17, 15) is 18.5 Å². The largest absolute Gasteiger partial charge is 0.457 e. The van der Waals surface area contributed by atoms with Gasteiger partial charge in [0.1, 0.15) is 11.5 Å². The van der Waals surface area contributed by atoms with E-state index >= 15 is 0 Å². The van der Waals surface area contributed by atoms with Crippen molar-refractivity contribution >= 4 is 15.7 Å². The zero-order valence-corrected chi connectivity index (χ0v) is 25.9. The smallest absolute Gasteiger partial charge is 0.251 e. The predicted molar refractivity (Wildman–Crippen MR) is 169 cm³/mol. The summed E-state index contributed by atoms with van der Waals surface area (Å²) < 4.78 is 30.7. The predicted octanol–water partition coefficient (Wildman–Crippen LogP) is 8.75. The molecule has 0 spiro atoms. The van der Waals surface area contributed by atoms with E-state index in [0.29, 0.717) is 28.7 Å². The molecule has 0 heterocycles. The molecule has 7 heteroatoms. The molecule has 43 heavy (non-hydrogen) atoms. The number of amides is 1. The number of carbonyl (C=O) groups excluding carboxylic acids is 1. The molecule has 0 saturated heterocycles. The van der Waals surface area contributed by atoms with Crippen molar-refractivity contribution in [3.63, 3.8) is 0 Å². The van der Waals surface area contributed by atoms with Crippen LogP contribution in [-0.4, -0.2) is 20.1 Å². The molecule has 0 radical (unpaired) electrons. The first-order valence-electron chi connectivity index (χ1n) is 15.8. The van der Waals surface area contributed by atoms with Crippen LogP contribution in [0.25, 0.3) is 0 Å². The van der Waals surface area contributed by atoms with Crippen molar-refractivity contribution in [2.45, 2.75) is 100 Å². The average molecular weight is 599 g/mol. The van der Waals surface area contributed by atoms with Crippen molar-refractivity contribution in [1.82, 2.24) is 5.32 Å². The molecule has 2 saturated carbocycles. The molecule has 6 nitrogen and oxygen atoms in total. The third kappa shape index (κ3) is 7.86. The highest BCUT2D eigenvalue weighted by molar-refractivity contribution is 7.91. The quantitative estimate of drug-likeness (QED) is 0.252. The number of rotatable bonds is 10. The first-order valence-corrected chi connectivity index (χ1v) is 17.4. The number of carbonyl (C=O) groups is 1. The highest BCUT2D eigenvalue weighted by Gasteiger charge is 2.22. The summed E-state index contributed by atoms with van der Waals surface area (Å²) in [6.45, 7) is 1.60. The second-order valence-corrected chi connectivity index (χ2v) is 14.3. The van der Waals surface area contributed by atoms with E-state index in [4.69, 9.17) is 4.74 Å². The molecule has 226 valence electrons. The van der Waals surface area contributed by atoms with Gasteiger partial charge in [0.15, 0.2) is 9.84 Å². The minimum absolute atomic E-state index is 0.0120. The summed E-state index contributed by atoms with van der Waals surface area (Å²) in [6, 6.07) is 21.9. The van der Waals surface area contributed by atoms with Gasteiger partial charge in [0.25, 0.3) is 5.91 Å². The van der Waals surface area contributed by atoms with E-state index in [0.717, 1.165) is 5.75 Å². The Bertz CT molecular complexity index is 1490. The minimum atomic E-state index is -3.33. The van der Waals surface area contributed by atoms with Crippen LogP contribution in [0.1, 0.15) is 122 Å². The molecule has 2 aliphatic carbocycles. The van der Waals surface area contributed by atoms with Gasteiger partial charge in [0.2, 0.25) is 0 Å². The van der Waals surface area contributed by atoms with Crippen LogP contribution in [0.15, 0.2) is 71.6 Å². The molecule has 3 aromatic carbocycles. The summed E-state index contributed by atoms with van der Waals surface area (Å²) in [7, 11) is -3.33. The fourth-order valence-corrected chi connectivity index (χ4v) is 7.40. The number of benzene rings is 3. The molecule has 1 amide bonds. The lowest BCUT2D eigenvalue weighted by atomic mass is 9.80. The zero-order chi connectivity index (χ0) is 30.2. The van der Waals surface area contributed by atoms with Crippen LogP contribution in [0.4, 0.5) is 0 Å². The molecule has 1 N–H and O–H groups in total. The van der Waals surface area contributed by atoms with Gasteiger partial charge < -0.3 is 10.1 Å². The molecule has 1 atom stereocenters. The Labute approximate surface area is 256 Å². The Morgan fingerprint density at radius 1 is 0.837 bits per heavy atom. The Morgan fingerprint density at radius 2 is 1.40 bits per heavy atom. The summed E-state index contributed by atoms with van der Waals surface area (Å²) in [5.41, 5.74) is 3.94. The number of ether oxygens (including phenoxy) is 1. The van der Waals surface area contributed by atoms with Gasteiger partial charge in [-0.15, -0.1) is 0 Å². The van der Waals surface area contributed by atoms with Crippen LogP contribution >= 0.6 is 0 Å². The highest BCUT2D eigenvalue weighted by atomic mass is 32.2. The monoisotopic (exact) mass is 598 g/mol. The molecule has 5 rings (SSSR count). The van der Waals surface area contributed by atoms with E-state index < -0.39 is 15.9 Å². The van der Waals surface area contributed by atoms with Gasteiger partial charge in [-0.1, -0.05) is 63.6 Å². The third-order valence-corrected chi connectivity index (χ3v) is 10.8. The molecule has 0 unspecified atom stereocenters. The van der Waals surface area contributed by atoms with E-state index in [1.807, 2.05) is 12.1 Å². The van der Waals surface area contributed by atoms with Crippen LogP contribution in [-0.2, 0) is 9.84 Å². The molecule has 3 aromatic rings. The molecule has 2 fully saturated rings. The maximum atomic E-state index is 13.1. The lowest BCUT2D eigenvalue weighted by Crippen LogP contribution is -2.28. The van der Waals surface area contributed by atoms with E-state index in [2.05, 4.69) is 29.6 Å². The molecular weight excluding hydrogens is 556 g/mol. The molecule has 0 aliphatic heterocycles. The second-order valence-electron chi connectivity index (χ2n) is 12.0. The highest BCUT2D eigenvalue weighted by Crippen LogP contribution is 2.40. The summed E-state index contributed by atoms with van der Waals surface area (Å²) in [5.74, 6) is 2.43. The SMILES string of the molecule is CCS(=O)(=O)c1ccc([C@H](CC#N)NC(=O)c2ccc(Oc3cc(C4CCCCC4)cc(C4CCCCC4)c3)cc2)cc1. The van der Waals surface area contributed by atoms with Gasteiger partial charge >= 0.3 is 0 Å². The maximum absolute atomic E-state index is 13.1. The fraction of sp³-hybridized carbons (Fsp3) is 0.444. The summed E-state index contributed by atoms with van der Waals surface area (Å²) >= 11 is 0. The Balaban J connectivity index is 1.29. The van der Waals surface area contributed by atoms with Crippen LogP contribution < -0.4 is 10.1 Å². The van der Waals surface area contributed by atoms with Crippen molar-refractivity contribution in [1.29, 1.82) is 5.26 Å². The standard InChI is InChI=1S/C36H42N2O4S/c1-2-43(40,41)34-19-15-28(16-20-34)35(21-22-37)38-36(39)29-13-17-32(18-14-29)42-33-24-30(26-9-5-3-6-10-26)23-31(25-33)27-11-7-4-8-12-27/h13-20,23-27,35H,2-12,21H2,1H3,(H,38,39)/t35-/m0/s1. The summed E-state index contributed by atoms with van der Waals surface area (Å²) in [4.78, 5) is 13.4. The van der Waals surface area contributed by atoms with Gasteiger partial charge in [-0.3, -0.25) is 4.79 Å². The van der Waals surface area contributed by atoms with Gasteiger partial charge in [-0.2, -0.15) is 5.26 Å². The van der Waals surface area contributed by atoms with Crippen LogP contribution in [0.3, 0.4) is 0 Å². The minimum Gasteiger partial charge on any atom is -0.457 e. The summed E-state index contributed by atoms with van der Waals surface area (Å²) in [6.07, 6.45) is 12.9. The molecule has 0 bridgehead atoms. The Morgan fingerprint density at radius 3 is 1.91 bits per heavy atom. The number of nitrogens with zero attached hydrogens (tertiary/aromatic N) is 1. The van der Waals surface area contributed by atoms with Crippen molar-refractivity contribution in [2.75, 3.05) is 5.75 Å². The average Bonchev–Trinajstić information content (AvgIpc) is 3.05. The lowest BCUT2D eigenvalue weighted by Gasteiger charge is -2.26. The Kier molecular flexibility index (Phi) is 10.2. The van der Waals surface area contributed by atoms with Crippen molar-refractivity contribution < 1.29 is 17.9 Å².